The van der Waals surface area contributed by atoms with Crippen molar-refractivity contribution in [1.82, 2.24) is 4.57 Å². The van der Waals surface area contributed by atoms with Crippen molar-refractivity contribution in [2.24, 2.45) is 7.05 Å². The molecule has 1 heterocycles. The molecule has 3 nitrogen and oxygen atoms in total. The van der Waals surface area contributed by atoms with Gasteiger partial charge in [-0.25, -0.2) is 0 Å². The van der Waals surface area contributed by atoms with Gasteiger partial charge in [0.25, 0.3) is 0 Å². The number of fused-ring (bicyclic) bond motifs is 1. The first kappa shape index (κ1) is 10.1. The maximum absolute atomic E-state index is 5.94. The number of hydrogen-bond acceptors (Lipinski definition) is 2. The summed E-state index contributed by atoms with van der Waals surface area (Å²) in [6.45, 7) is 3.37. The monoisotopic (exact) mass is 204 g/mol. The Morgan fingerprint density at radius 2 is 2.20 bits per heavy atom. The maximum atomic E-state index is 5.94. The van der Waals surface area contributed by atoms with Crippen LogP contribution in [-0.4, -0.2) is 11.2 Å². The van der Waals surface area contributed by atoms with Gasteiger partial charge in [0.2, 0.25) is 0 Å². The Morgan fingerprint density at radius 3 is 2.87 bits per heavy atom. The second kappa shape index (κ2) is 3.95. The lowest BCUT2D eigenvalue weighted by atomic mass is 10.2. The molecule has 2 N–H and O–H groups in total. The third-order valence-electron chi connectivity index (χ3n) is 2.64. The average Bonchev–Trinajstić information content (AvgIpc) is 2.54. The van der Waals surface area contributed by atoms with Gasteiger partial charge >= 0.3 is 0 Å². The summed E-state index contributed by atoms with van der Waals surface area (Å²) >= 11 is 0. The van der Waals surface area contributed by atoms with Crippen LogP contribution in [0.15, 0.2) is 24.3 Å². The van der Waals surface area contributed by atoms with E-state index < -0.39 is 0 Å². The Bertz CT molecular complexity index is 474. The van der Waals surface area contributed by atoms with Crippen molar-refractivity contribution in [2.75, 3.05) is 12.3 Å². The fourth-order valence-corrected chi connectivity index (χ4v) is 1.85. The number of anilines is 1. The zero-order valence-electron chi connectivity index (χ0n) is 9.16. The van der Waals surface area contributed by atoms with Gasteiger partial charge in [0.05, 0.1) is 17.8 Å². The molecule has 0 aliphatic rings. The fourth-order valence-electron chi connectivity index (χ4n) is 1.85. The van der Waals surface area contributed by atoms with Crippen molar-refractivity contribution < 1.29 is 4.74 Å². The van der Waals surface area contributed by atoms with Crippen molar-refractivity contribution in [2.45, 2.75) is 13.5 Å². The van der Waals surface area contributed by atoms with Crippen LogP contribution >= 0.6 is 0 Å². The summed E-state index contributed by atoms with van der Waals surface area (Å²) < 4.78 is 7.51. The second-order valence-corrected chi connectivity index (χ2v) is 3.62. The Hall–Kier alpha value is -1.48. The van der Waals surface area contributed by atoms with Crippen LogP contribution in [0.5, 0.6) is 0 Å². The van der Waals surface area contributed by atoms with Crippen LogP contribution in [0, 0.1) is 0 Å². The number of aromatic nitrogens is 1. The number of aryl methyl sites for hydroxylation is 1. The van der Waals surface area contributed by atoms with Gasteiger partial charge in [-0.1, -0.05) is 12.1 Å². The van der Waals surface area contributed by atoms with Crippen LogP contribution in [0.4, 0.5) is 5.69 Å². The Morgan fingerprint density at radius 1 is 1.40 bits per heavy atom. The van der Waals surface area contributed by atoms with Crippen LogP contribution in [0.2, 0.25) is 0 Å². The van der Waals surface area contributed by atoms with Crippen molar-refractivity contribution in [3.05, 3.63) is 30.0 Å². The molecule has 0 saturated heterocycles. The van der Waals surface area contributed by atoms with Crippen molar-refractivity contribution in [3.63, 3.8) is 0 Å². The molecule has 0 aliphatic heterocycles. The minimum Gasteiger partial charge on any atom is -0.397 e. The molecular formula is C12H16N2O. The summed E-state index contributed by atoms with van der Waals surface area (Å²) in [7, 11) is 2.02. The molecule has 0 amide bonds. The first-order valence-corrected chi connectivity index (χ1v) is 5.14. The maximum Gasteiger partial charge on any atom is 0.0867 e. The van der Waals surface area contributed by atoms with E-state index >= 15 is 0 Å². The van der Waals surface area contributed by atoms with E-state index in [1.807, 2.05) is 26.1 Å². The van der Waals surface area contributed by atoms with Gasteiger partial charge in [0, 0.05) is 24.7 Å². The topological polar surface area (TPSA) is 40.2 Å². The SMILES string of the molecule is CCOCc1cc2cccc(N)c2n1C. The smallest absolute Gasteiger partial charge is 0.0867 e. The molecule has 0 fully saturated rings. The van der Waals surface area contributed by atoms with Gasteiger partial charge in [-0.05, 0) is 19.1 Å². The molecular weight excluding hydrogens is 188 g/mol. The van der Waals surface area contributed by atoms with E-state index in [4.69, 9.17) is 10.5 Å². The highest BCUT2D eigenvalue weighted by molar-refractivity contribution is 5.91. The minimum atomic E-state index is 0.640. The van der Waals surface area contributed by atoms with Gasteiger partial charge in [-0.3, -0.25) is 0 Å². The van der Waals surface area contributed by atoms with E-state index in [1.165, 1.54) is 5.39 Å². The molecule has 15 heavy (non-hydrogen) atoms. The standard InChI is InChI=1S/C12H16N2O/c1-3-15-8-10-7-9-5-4-6-11(13)12(9)14(10)2/h4-7H,3,8,13H2,1-2H3. The van der Waals surface area contributed by atoms with Crippen molar-refractivity contribution in [1.29, 1.82) is 0 Å². The van der Waals surface area contributed by atoms with E-state index in [-0.39, 0.29) is 0 Å². The molecule has 0 bridgehead atoms. The number of nitrogen functional groups attached to an aromatic ring is 1. The van der Waals surface area contributed by atoms with Gasteiger partial charge < -0.3 is 15.0 Å². The number of rotatable bonds is 3. The van der Waals surface area contributed by atoms with E-state index in [0.29, 0.717) is 6.61 Å². The fraction of sp³-hybridized carbons (Fsp3) is 0.333. The quantitative estimate of drug-likeness (QED) is 0.779. The molecule has 2 rings (SSSR count). The van der Waals surface area contributed by atoms with E-state index in [1.54, 1.807) is 0 Å². The average molecular weight is 204 g/mol. The number of hydrogen-bond donors (Lipinski definition) is 1. The highest BCUT2D eigenvalue weighted by Crippen LogP contribution is 2.24. The van der Waals surface area contributed by atoms with Crippen LogP contribution in [0.25, 0.3) is 10.9 Å². The van der Waals surface area contributed by atoms with E-state index in [0.717, 1.165) is 23.5 Å². The molecule has 0 atom stereocenters. The largest absolute Gasteiger partial charge is 0.397 e. The van der Waals surface area contributed by atoms with Crippen LogP contribution in [-0.2, 0) is 18.4 Å². The zero-order valence-corrected chi connectivity index (χ0v) is 9.16. The predicted molar refractivity (Wildman–Crippen MR) is 62.7 cm³/mol. The minimum absolute atomic E-state index is 0.640. The van der Waals surface area contributed by atoms with Crippen molar-refractivity contribution in [3.8, 4) is 0 Å². The highest BCUT2D eigenvalue weighted by atomic mass is 16.5. The van der Waals surface area contributed by atoms with Crippen molar-refractivity contribution >= 4 is 16.6 Å². The molecule has 1 aromatic carbocycles. The summed E-state index contributed by atoms with van der Waals surface area (Å²) in [6, 6.07) is 8.09. The molecule has 0 radical (unpaired) electrons. The lowest BCUT2D eigenvalue weighted by molar-refractivity contribution is 0.129. The summed E-state index contributed by atoms with van der Waals surface area (Å²) in [6.07, 6.45) is 0. The highest BCUT2D eigenvalue weighted by Gasteiger charge is 2.07. The third kappa shape index (κ3) is 1.70. The number of benzene rings is 1. The molecule has 2 aromatic rings. The van der Waals surface area contributed by atoms with Crippen LogP contribution in [0.1, 0.15) is 12.6 Å². The van der Waals surface area contributed by atoms with E-state index in [9.17, 15) is 0 Å². The Balaban J connectivity index is 2.50. The summed E-state index contributed by atoms with van der Waals surface area (Å²) in [4.78, 5) is 0. The first-order chi connectivity index (χ1) is 7.24. The molecule has 0 spiro atoms. The number of nitrogens with zero attached hydrogens (tertiary/aromatic N) is 1. The number of para-hydroxylation sites is 1. The first-order valence-electron chi connectivity index (χ1n) is 5.14. The molecule has 0 unspecified atom stereocenters. The molecule has 0 saturated carbocycles. The summed E-state index contributed by atoms with van der Waals surface area (Å²) in [5.41, 5.74) is 9.00. The molecule has 3 heteroatoms. The van der Waals surface area contributed by atoms with Gasteiger partial charge in [0.1, 0.15) is 0 Å². The van der Waals surface area contributed by atoms with Gasteiger partial charge in [-0.15, -0.1) is 0 Å². The normalized spacial score (nSPS) is 11.1. The van der Waals surface area contributed by atoms with Gasteiger partial charge in [-0.2, -0.15) is 0 Å². The molecule has 0 aliphatic carbocycles. The predicted octanol–water partition coefficient (Wildman–Crippen LogP) is 2.30. The Kier molecular flexibility index (Phi) is 2.64. The van der Waals surface area contributed by atoms with Crippen LogP contribution in [0.3, 0.4) is 0 Å². The third-order valence-corrected chi connectivity index (χ3v) is 2.64. The lowest BCUT2D eigenvalue weighted by Crippen LogP contribution is -2.00. The lowest BCUT2D eigenvalue weighted by Gasteiger charge is -2.05. The van der Waals surface area contributed by atoms with Gasteiger partial charge in [0.15, 0.2) is 0 Å². The Labute approximate surface area is 89.4 Å². The summed E-state index contributed by atoms with van der Waals surface area (Å²) in [5.74, 6) is 0. The van der Waals surface area contributed by atoms with Crippen LogP contribution < -0.4 is 5.73 Å². The number of ether oxygens (including phenoxy) is 1. The second-order valence-electron chi connectivity index (χ2n) is 3.62. The zero-order chi connectivity index (χ0) is 10.8. The molecule has 1 aromatic heterocycles. The summed E-state index contributed by atoms with van der Waals surface area (Å²) in [5, 5.41) is 1.17. The van der Waals surface area contributed by atoms with E-state index in [2.05, 4.69) is 16.7 Å². The number of nitrogens with two attached hydrogens (primary N) is 1. The molecule has 80 valence electrons.